The summed E-state index contributed by atoms with van der Waals surface area (Å²) in [5, 5.41) is 6.44. The molecule has 0 saturated carbocycles. The molecule has 1 aliphatic rings. The number of aldehydes is 1. The number of hydrazone groups is 1. The van der Waals surface area contributed by atoms with Crippen molar-refractivity contribution in [2.24, 2.45) is 5.10 Å². The molecule has 0 unspecified atom stereocenters. The maximum absolute atomic E-state index is 10.7. The number of rotatable bonds is 5. The molecule has 0 aromatic carbocycles. The van der Waals surface area contributed by atoms with Crippen molar-refractivity contribution in [3.63, 3.8) is 0 Å². The van der Waals surface area contributed by atoms with Gasteiger partial charge in [-0.1, -0.05) is 6.42 Å². The van der Waals surface area contributed by atoms with Crippen molar-refractivity contribution in [2.45, 2.75) is 25.7 Å². The van der Waals surface area contributed by atoms with Gasteiger partial charge in [0.05, 0.1) is 0 Å². The van der Waals surface area contributed by atoms with Crippen molar-refractivity contribution >= 4 is 24.1 Å². The zero-order valence-corrected chi connectivity index (χ0v) is 10.8. The minimum Gasteiger partial charge on any atom is -0.442 e. The molecule has 0 bridgehead atoms. The predicted molar refractivity (Wildman–Crippen MR) is 69.9 cm³/mol. The summed E-state index contributed by atoms with van der Waals surface area (Å²) in [5.74, 6) is 0.268. The first-order valence-corrected chi connectivity index (χ1v) is 6.43. The monoisotopic (exact) mass is 269 g/mol. The van der Waals surface area contributed by atoms with E-state index in [-0.39, 0.29) is 11.0 Å². The second-order valence-electron chi connectivity index (χ2n) is 4.22. The van der Waals surface area contributed by atoms with Crippen LogP contribution < -0.4 is 5.53 Å². The summed E-state index contributed by atoms with van der Waals surface area (Å²) >= 11 is 5.68. The molecule has 5 nitrogen and oxygen atoms in total. The molecule has 2 heterocycles. The van der Waals surface area contributed by atoms with Crippen molar-refractivity contribution in [3.05, 3.63) is 22.6 Å². The Balaban J connectivity index is 1.81. The average molecular weight is 270 g/mol. The zero-order chi connectivity index (χ0) is 12.8. The molecule has 98 valence electrons. The van der Waals surface area contributed by atoms with Crippen molar-refractivity contribution in [1.29, 1.82) is 0 Å². The van der Waals surface area contributed by atoms with Gasteiger partial charge in [0.25, 0.3) is 0 Å². The number of carbonyl (C=O) groups is 1. The first-order chi connectivity index (χ1) is 8.79. The van der Waals surface area contributed by atoms with Crippen molar-refractivity contribution in [2.75, 3.05) is 13.1 Å². The minimum absolute atomic E-state index is 0.226. The van der Waals surface area contributed by atoms with Gasteiger partial charge >= 0.3 is 0 Å². The molecule has 6 heteroatoms. The molecule has 0 amide bonds. The lowest BCUT2D eigenvalue weighted by atomic mass is 10.2. The van der Waals surface area contributed by atoms with E-state index in [4.69, 9.17) is 16.0 Å². The summed E-state index contributed by atoms with van der Waals surface area (Å²) in [7, 11) is 0. The van der Waals surface area contributed by atoms with E-state index in [0.29, 0.717) is 12.7 Å². The fourth-order valence-electron chi connectivity index (χ4n) is 1.93. The first kappa shape index (κ1) is 13.1. The van der Waals surface area contributed by atoms with Crippen LogP contribution in [0.3, 0.4) is 0 Å². The molecule has 0 atom stereocenters. The Bertz CT molecular complexity index is 425. The topological polar surface area (TPSA) is 57.8 Å². The van der Waals surface area contributed by atoms with E-state index in [1.165, 1.54) is 19.3 Å². The van der Waals surface area contributed by atoms with Crippen LogP contribution in [0.4, 0.5) is 0 Å². The normalized spacial score (nSPS) is 17.2. The third-order valence-electron chi connectivity index (χ3n) is 2.88. The molecule has 1 N–H and O–H groups in total. The van der Waals surface area contributed by atoms with E-state index in [9.17, 15) is 4.79 Å². The summed E-state index contributed by atoms with van der Waals surface area (Å²) in [4.78, 5) is 10.7. The molecule has 1 aromatic rings. The standard InChI is InChI=1S/C12H16ClN3O2/c13-12-8-10(11(9-17)18-12)4-5-14-15-16-6-2-1-3-7-16/h5,8-9,15H,1-4,6-7H2/b14-5+. The Morgan fingerprint density at radius 3 is 2.94 bits per heavy atom. The van der Waals surface area contributed by atoms with E-state index >= 15 is 0 Å². The number of hydrazine groups is 1. The molecule has 18 heavy (non-hydrogen) atoms. The number of halogens is 1. The van der Waals surface area contributed by atoms with Gasteiger partial charge in [-0.15, -0.1) is 0 Å². The lowest BCUT2D eigenvalue weighted by Gasteiger charge is -2.24. The number of hydrogen-bond donors (Lipinski definition) is 1. The third-order valence-corrected chi connectivity index (χ3v) is 3.06. The Morgan fingerprint density at radius 1 is 1.44 bits per heavy atom. The highest BCUT2D eigenvalue weighted by molar-refractivity contribution is 6.29. The van der Waals surface area contributed by atoms with Crippen LogP contribution in [0.1, 0.15) is 35.4 Å². The number of hydrogen-bond acceptors (Lipinski definition) is 5. The summed E-state index contributed by atoms with van der Waals surface area (Å²) < 4.78 is 5.02. The fraction of sp³-hybridized carbons (Fsp3) is 0.500. The maximum atomic E-state index is 10.7. The van der Waals surface area contributed by atoms with Gasteiger partial charge in [0.1, 0.15) is 0 Å². The van der Waals surface area contributed by atoms with E-state index in [0.717, 1.165) is 18.7 Å². The van der Waals surface area contributed by atoms with Gasteiger partial charge in [0, 0.05) is 37.4 Å². The number of piperidine rings is 1. The van der Waals surface area contributed by atoms with Gasteiger partial charge in [0.2, 0.25) is 0 Å². The van der Waals surface area contributed by atoms with Crippen molar-refractivity contribution in [1.82, 2.24) is 10.5 Å². The van der Waals surface area contributed by atoms with Gasteiger partial charge in [-0.3, -0.25) is 4.79 Å². The second-order valence-corrected chi connectivity index (χ2v) is 4.59. The molecule has 1 aromatic heterocycles. The largest absolute Gasteiger partial charge is 0.442 e. The van der Waals surface area contributed by atoms with Gasteiger partial charge < -0.3 is 4.42 Å². The van der Waals surface area contributed by atoms with Gasteiger partial charge in [0.15, 0.2) is 17.3 Å². The second kappa shape index (κ2) is 6.56. The van der Waals surface area contributed by atoms with Gasteiger partial charge in [-0.25, -0.2) is 10.5 Å². The van der Waals surface area contributed by atoms with Crippen LogP contribution in [0.2, 0.25) is 5.22 Å². The third kappa shape index (κ3) is 3.58. The van der Waals surface area contributed by atoms with E-state index < -0.39 is 0 Å². The quantitative estimate of drug-likeness (QED) is 0.506. The number of nitrogens with one attached hydrogen (secondary N) is 1. The maximum Gasteiger partial charge on any atom is 0.194 e. The van der Waals surface area contributed by atoms with Gasteiger partial charge in [-0.2, -0.15) is 5.10 Å². The lowest BCUT2D eigenvalue weighted by Crippen LogP contribution is -2.38. The summed E-state index contributed by atoms with van der Waals surface area (Å²) in [5.41, 5.74) is 3.74. The van der Waals surface area contributed by atoms with Crippen molar-refractivity contribution < 1.29 is 9.21 Å². The summed E-state index contributed by atoms with van der Waals surface area (Å²) in [6.07, 6.45) is 6.59. The summed E-state index contributed by atoms with van der Waals surface area (Å²) in [6, 6.07) is 1.64. The van der Waals surface area contributed by atoms with Crippen LogP contribution in [0.25, 0.3) is 0 Å². The van der Waals surface area contributed by atoms with Crippen LogP contribution in [-0.4, -0.2) is 30.6 Å². The number of furan rings is 1. The van der Waals surface area contributed by atoms with E-state index in [1.54, 1.807) is 12.3 Å². The molecular weight excluding hydrogens is 254 g/mol. The van der Waals surface area contributed by atoms with E-state index in [2.05, 4.69) is 15.6 Å². The Labute approximate surface area is 111 Å². The Kier molecular flexibility index (Phi) is 4.78. The average Bonchev–Trinajstić information content (AvgIpc) is 2.76. The Morgan fingerprint density at radius 2 is 2.22 bits per heavy atom. The lowest BCUT2D eigenvalue weighted by molar-refractivity contribution is 0.109. The molecule has 0 radical (unpaired) electrons. The fourth-order valence-corrected chi connectivity index (χ4v) is 2.14. The van der Waals surface area contributed by atoms with Crippen LogP contribution in [0, 0.1) is 0 Å². The molecule has 1 fully saturated rings. The molecular formula is C12H16ClN3O2. The van der Waals surface area contributed by atoms with Crippen LogP contribution in [0.5, 0.6) is 0 Å². The minimum atomic E-state index is 0.226. The molecule has 0 aliphatic carbocycles. The van der Waals surface area contributed by atoms with Crippen LogP contribution in [-0.2, 0) is 6.42 Å². The molecule has 0 spiro atoms. The van der Waals surface area contributed by atoms with Crippen LogP contribution >= 0.6 is 11.6 Å². The highest BCUT2D eigenvalue weighted by Gasteiger charge is 2.09. The first-order valence-electron chi connectivity index (χ1n) is 6.05. The Hall–Kier alpha value is -1.33. The highest BCUT2D eigenvalue weighted by Crippen LogP contribution is 2.18. The highest BCUT2D eigenvalue weighted by atomic mass is 35.5. The van der Waals surface area contributed by atoms with Crippen LogP contribution in [0.15, 0.2) is 15.6 Å². The van der Waals surface area contributed by atoms with Gasteiger partial charge in [-0.05, 0) is 24.4 Å². The molecule has 1 saturated heterocycles. The SMILES string of the molecule is O=Cc1oc(Cl)cc1C/C=N/NN1CCCCC1. The van der Waals surface area contributed by atoms with E-state index in [1.807, 2.05) is 0 Å². The molecule has 2 rings (SSSR count). The number of carbonyl (C=O) groups excluding carboxylic acids is 1. The number of nitrogens with zero attached hydrogens (tertiary/aromatic N) is 2. The van der Waals surface area contributed by atoms with Crippen molar-refractivity contribution in [3.8, 4) is 0 Å². The predicted octanol–water partition coefficient (Wildman–Crippen LogP) is 2.26. The summed E-state index contributed by atoms with van der Waals surface area (Å²) in [6.45, 7) is 2.04. The molecule has 1 aliphatic heterocycles. The zero-order valence-electron chi connectivity index (χ0n) is 10.1. The smallest absolute Gasteiger partial charge is 0.194 e.